The van der Waals surface area contributed by atoms with Crippen molar-refractivity contribution in [3.05, 3.63) is 23.9 Å². The fourth-order valence-corrected chi connectivity index (χ4v) is 2.79. The summed E-state index contributed by atoms with van der Waals surface area (Å²) in [6.45, 7) is 0. The molecule has 0 aliphatic heterocycles. The van der Waals surface area contributed by atoms with Crippen molar-refractivity contribution in [3.63, 3.8) is 0 Å². The molecular weight excluding hydrogens is 272 g/mol. The summed E-state index contributed by atoms with van der Waals surface area (Å²) in [5.74, 6) is -1.12. The zero-order valence-corrected chi connectivity index (χ0v) is 12.0. The molecule has 1 heterocycles. The molecule has 1 fully saturated rings. The smallest absolute Gasteiger partial charge is 0.341 e. The van der Waals surface area contributed by atoms with Gasteiger partial charge in [0.1, 0.15) is 17.4 Å². The molecule has 1 saturated carbocycles. The second-order valence-corrected chi connectivity index (χ2v) is 5.25. The molecule has 0 aromatic carbocycles. The van der Waals surface area contributed by atoms with Crippen molar-refractivity contribution < 1.29 is 19.4 Å². The van der Waals surface area contributed by atoms with Crippen LogP contribution < -0.4 is 5.32 Å². The number of methoxy groups -OCH3 is 1. The van der Waals surface area contributed by atoms with E-state index >= 15 is 0 Å². The number of aliphatic carboxylic acids is 1. The van der Waals surface area contributed by atoms with Crippen LogP contribution in [0, 0.1) is 5.92 Å². The molecule has 0 spiro atoms. The third kappa shape index (κ3) is 3.71. The van der Waals surface area contributed by atoms with Crippen LogP contribution in [0.1, 0.15) is 42.5 Å². The second kappa shape index (κ2) is 7.06. The average molecular weight is 292 g/mol. The monoisotopic (exact) mass is 292 g/mol. The van der Waals surface area contributed by atoms with Crippen molar-refractivity contribution in [2.45, 2.75) is 38.1 Å². The standard InChI is InChI=1S/C15H20N2O4/c1-21-15(20)11-8-5-9-16-13(11)17-12(14(18)19)10-6-3-2-4-7-10/h5,8-10,12H,2-4,6-7H2,1H3,(H,16,17)(H,18,19). The Morgan fingerprint density at radius 3 is 2.71 bits per heavy atom. The molecule has 6 nitrogen and oxygen atoms in total. The number of anilines is 1. The average Bonchev–Trinajstić information content (AvgIpc) is 2.52. The third-order valence-corrected chi connectivity index (χ3v) is 3.89. The minimum Gasteiger partial charge on any atom is -0.480 e. The fourth-order valence-electron chi connectivity index (χ4n) is 2.79. The van der Waals surface area contributed by atoms with Gasteiger partial charge in [-0.25, -0.2) is 14.6 Å². The van der Waals surface area contributed by atoms with Gasteiger partial charge in [0, 0.05) is 6.20 Å². The molecule has 6 heteroatoms. The maximum Gasteiger partial charge on any atom is 0.341 e. The highest BCUT2D eigenvalue weighted by Crippen LogP contribution is 2.28. The van der Waals surface area contributed by atoms with E-state index in [2.05, 4.69) is 10.3 Å². The van der Waals surface area contributed by atoms with Crippen LogP contribution >= 0.6 is 0 Å². The first-order chi connectivity index (χ1) is 10.1. The van der Waals surface area contributed by atoms with Gasteiger partial charge >= 0.3 is 11.9 Å². The van der Waals surface area contributed by atoms with Crippen LogP contribution in [-0.4, -0.2) is 35.2 Å². The minimum absolute atomic E-state index is 0.0590. The molecule has 0 saturated heterocycles. The SMILES string of the molecule is COC(=O)c1cccnc1NC(C(=O)O)C1CCCCC1. The molecule has 1 atom stereocenters. The number of carboxylic acids is 1. The van der Waals surface area contributed by atoms with Crippen molar-refractivity contribution in [1.82, 2.24) is 4.98 Å². The van der Waals surface area contributed by atoms with E-state index in [0.29, 0.717) is 0 Å². The number of esters is 1. The van der Waals surface area contributed by atoms with E-state index in [1.165, 1.54) is 13.3 Å². The minimum atomic E-state index is -0.914. The van der Waals surface area contributed by atoms with Crippen molar-refractivity contribution in [2.75, 3.05) is 12.4 Å². The Kier molecular flexibility index (Phi) is 5.14. The molecule has 1 aromatic heterocycles. The van der Waals surface area contributed by atoms with Gasteiger partial charge in [-0.05, 0) is 30.9 Å². The van der Waals surface area contributed by atoms with Crippen LogP contribution in [-0.2, 0) is 9.53 Å². The van der Waals surface area contributed by atoms with Gasteiger partial charge in [0.05, 0.1) is 7.11 Å². The molecule has 21 heavy (non-hydrogen) atoms. The number of aromatic nitrogens is 1. The van der Waals surface area contributed by atoms with Crippen molar-refractivity contribution in [2.24, 2.45) is 5.92 Å². The predicted octanol–water partition coefficient (Wildman–Crippen LogP) is 2.31. The number of hydrogen-bond acceptors (Lipinski definition) is 5. The van der Waals surface area contributed by atoms with Gasteiger partial charge in [-0.1, -0.05) is 19.3 Å². The van der Waals surface area contributed by atoms with Gasteiger partial charge in [-0.15, -0.1) is 0 Å². The van der Waals surface area contributed by atoms with Crippen molar-refractivity contribution in [1.29, 1.82) is 0 Å². The molecule has 0 amide bonds. The van der Waals surface area contributed by atoms with E-state index < -0.39 is 18.0 Å². The Bertz CT molecular complexity index is 512. The number of rotatable bonds is 5. The Balaban J connectivity index is 2.20. The van der Waals surface area contributed by atoms with E-state index in [1.807, 2.05) is 0 Å². The Morgan fingerprint density at radius 2 is 2.10 bits per heavy atom. The van der Waals surface area contributed by atoms with Gasteiger partial charge in [-0.2, -0.15) is 0 Å². The van der Waals surface area contributed by atoms with E-state index in [0.717, 1.165) is 32.1 Å². The molecule has 2 N–H and O–H groups in total. The maximum atomic E-state index is 11.7. The molecule has 2 rings (SSSR count). The van der Waals surface area contributed by atoms with Crippen LogP contribution in [0.25, 0.3) is 0 Å². The summed E-state index contributed by atoms with van der Waals surface area (Å²) in [5, 5.41) is 12.4. The zero-order valence-electron chi connectivity index (χ0n) is 12.0. The van der Waals surface area contributed by atoms with Crippen molar-refractivity contribution >= 4 is 17.8 Å². The normalized spacial score (nSPS) is 17.0. The number of carbonyl (C=O) groups is 2. The lowest BCUT2D eigenvalue weighted by Crippen LogP contribution is -2.38. The molecule has 1 aliphatic rings. The molecule has 1 aliphatic carbocycles. The highest BCUT2D eigenvalue weighted by Gasteiger charge is 2.30. The first kappa shape index (κ1) is 15.3. The summed E-state index contributed by atoms with van der Waals surface area (Å²) in [7, 11) is 1.29. The Morgan fingerprint density at radius 1 is 1.38 bits per heavy atom. The number of ether oxygens (including phenoxy) is 1. The third-order valence-electron chi connectivity index (χ3n) is 3.89. The summed E-state index contributed by atoms with van der Waals surface area (Å²) >= 11 is 0. The topological polar surface area (TPSA) is 88.5 Å². The number of nitrogens with zero attached hydrogens (tertiary/aromatic N) is 1. The molecule has 1 unspecified atom stereocenters. The van der Waals surface area contributed by atoms with Crippen LogP contribution in [0.3, 0.4) is 0 Å². The number of carbonyl (C=O) groups excluding carboxylic acids is 1. The van der Waals surface area contributed by atoms with Gasteiger partial charge in [0.25, 0.3) is 0 Å². The van der Waals surface area contributed by atoms with Crippen LogP contribution in [0.15, 0.2) is 18.3 Å². The highest BCUT2D eigenvalue weighted by atomic mass is 16.5. The van der Waals surface area contributed by atoms with Crippen LogP contribution in [0.2, 0.25) is 0 Å². The summed E-state index contributed by atoms with van der Waals surface area (Å²) in [5.41, 5.74) is 0.252. The van der Waals surface area contributed by atoms with Gasteiger partial charge in [0.15, 0.2) is 0 Å². The molecule has 0 radical (unpaired) electrons. The molecular formula is C15H20N2O4. The lowest BCUT2D eigenvalue weighted by atomic mass is 9.84. The Hall–Kier alpha value is -2.11. The van der Waals surface area contributed by atoms with Gasteiger partial charge in [0.2, 0.25) is 0 Å². The number of nitrogens with one attached hydrogen (secondary N) is 1. The summed E-state index contributed by atoms with van der Waals surface area (Å²) in [6, 6.07) is 2.46. The summed E-state index contributed by atoms with van der Waals surface area (Å²) < 4.78 is 4.70. The predicted molar refractivity (Wildman–Crippen MR) is 77.2 cm³/mol. The molecule has 0 bridgehead atoms. The highest BCUT2D eigenvalue weighted by molar-refractivity contribution is 5.95. The quantitative estimate of drug-likeness (QED) is 0.810. The first-order valence-electron chi connectivity index (χ1n) is 7.16. The van der Waals surface area contributed by atoms with Crippen LogP contribution in [0.4, 0.5) is 5.82 Å². The summed E-state index contributed by atoms with van der Waals surface area (Å²) in [4.78, 5) is 27.3. The number of pyridine rings is 1. The van der Waals surface area contributed by atoms with Crippen molar-refractivity contribution in [3.8, 4) is 0 Å². The number of carboxylic acid groups (broad SMARTS) is 1. The summed E-state index contributed by atoms with van der Waals surface area (Å²) in [6.07, 6.45) is 6.52. The van der Waals surface area contributed by atoms with Gasteiger partial charge < -0.3 is 15.2 Å². The lowest BCUT2D eigenvalue weighted by Gasteiger charge is -2.28. The second-order valence-electron chi connectivity index (χ2n) is 5.25. The van der Waals surface area contributed by atoms with E-state index in [4.69, 9.17) is 4.74 Å². The van der Waals surface area contributed by atoms with E-state index in [-0.39, 0.29) is 17.3 Å². The van der Waals surface area contributed by atoms with E-state index in [1.54, 1.807) is 12.1 Å². The largest absolute Gasteiger partial charge is 0.480 e. The maximum absolute atomic E-state index is 11.7. The molecule has 1 aromatic rings. The van der Waals surface area contributed by atoms with Gasteiger partial charge in [-0.3, -0.25) is 0 Å². The number of hydrogen-bond donors (Lipinski definition) is 2. The first-order valence-corrected chi connectivity index (χ1v) is 7.16. The Labute approximate surface area is 123 Å². The van der Waals surface area contributed by atoms with E-state index in [9.17, 15) is 14.7 Å². The zero-order chi connectivity index (χ0) is 15.2. The van der Waals surface area contributed by atoms with Crippen LogP contribution in [0.5, 0.6) is 0 Å². The lowest BCUT2D eigenvalue weighted by molar-refractivity contribution is -0.139. The molecule has 114 valence electrons. The fraction of sp³-hybridized carbons (Fsp3) is 0.533.